The smallest absolute Gasteiger partial charge is 0.271 e. The Morgan fingerprint density at radius 3 is 2.82 bits per heavy atom. The molecule has 1 aromatic carbocycles. The summed E-state index contributed by atoms with van der Waals surface area (Å²) in [5, 5.41) is 15.3. The van der Waals surface area contributed by atoms with Gasteiger partial charge >= 0.3 is 0 Å². The van der Waals surface area contributed by atoms with Gasteiger partial charge in [0, 0.05) is 37.2 Å². The summed E-state index contributed by atoms with van der Waals surface area (Å²) in [7, 11) is 0. The lowest BCUT2D eigenvalue weighted by molar-refractivity contribution is -0.129. The Hall–Kier alpha value is -3.26. The standard InChI is InChI=1S/C26H27ClF3N5O3/c1-12-5-18(28)16-7-19(34-21(16)20(12)27)25(38)35-11-14-8-26(29,30)9-17(14)22(35)24(37)33-15(10-31)6-13-3-2-4-32-23(13)36/h5,7,13-15,17,22,34H,2-4,6,8-9,11H2,1H3,(H,32,36)(H,33,37)/t13-,14+,15+,17+,22-/m1/s1. The molecule has 3 fully saturated rings. The van der Waals surface area contributed by atoms with Crippen molar-refractivity contribution in [2.24, 2.45) is 17.8 Å². The summed E-state index contributed by atoms with van der Waals surface area (Å²) in [4.78, 5) is 43.3. The predicted octanol–water partition coefficient (Wildman–Crippen LogP) is 3.68. The molecule has 202 valence electrons. The molecule has 3 amide bonds. The van der Waals surface area contributed by atoms with Gasteiger partial charge in [0.2, 0.25) is 17.7 Å². The van der Waals surface area contributed by atoms with Crippen molar-refractivity contribution in [3.63, 3.8) is 0 Å². The molecule has 8 nitrogen and oxygen atoms in total. The highest BCUT2D eigenvalue weighted by Gasteiger charge is 2.58. The molecule has 5 rings (SSSR count). The number of amides is 3. The summed E-state index contributed by atoms with van der Waals surface area (Å²) in [5.74, 6) is -6.97. The lowest BCUT2D eigenvalue weighted by Crippen LogP contribution is -2.52. The van der Waals surface area contributed by atoms with E-state index >= 15 is 0 Å². The first kappa shape index (κ1) is 26.4. The number of likely N-dealkylation sites (tertiary alicyclic amines) is 1. The van der Waals surface area contributed by atoms with Crippen LogP contribution >= 0.6 is 11.6 Å². The van der Waals surface area contributed by atoms with Crippen molar-refractivity contribution in [3.05, 3.63) is 34.2 Å². The third-order valence-electron chi connectivity index (χ3n) is 8.01. The van der Waals surface area contributed by atoms with Crippen LogP contribution < -0.4 is 10.6 Å². The zero-order valence-corrected chi connectivity index (χ0v) is 21.4. The van der Waals surface area contributed by atoms with Crippen LogP contribution in [0.25, 0.3) is 10.9 Å². The second kappa shape index (κ2) is 9.80. The third-order valence-corrected chi connectivity index (χ3v) is 8.50. The van der Waals surface area contributed by atoms with E-state index in [0.29, 0.717) is 18.5 Å². The number of carbonyl (C=O) groups excluding carboxylic acids is 3. The zero-order valence-electron chi connectivity index (χ0n) is 20.6. The van der Waals surface area contributed by atoms with E-state index < -0.39 is 66.2 Å². The van der Waals surface area contributed by atoms with Crippen molar-refractivity contribution in [1.82, 2.24) is 20.5 Å². The number of nitrogens with zero attached hydrogens (tertiary/aromatic N) is 2. The van der Waals surface area contributed by atoms with Crippen molar-refractivity contribution in [2.75, 3.05) is 13.1 Å². The van der Waals surface area contributed by atoms with Crippen LogP contribution in [0.15, 0.2) is 12.1 Å². The molecule has 1 aromatic heterocycles. The molecule has 0 bridgehead atoms. The Bertz CT molecular complexity index is 1360. The van der Waals surface area contributed by atoms with E-state index in [4.69, 9.17) is 11.6 Å². The maximum Gasteiger partial charge on any atom is 0.271 e. The van der Waals surface area contributed by atoms with Gasteiger partial charge in [0.15, 0.2) is 0 Å². The Balaban J connectivity index is 1.41. The van der Waals surface area contributed by atoms with Crippen LogP contribution in [-0.4, -0.2) is 58.7 Å². The largest absolute Gasteiger partial charge is 0.356 e. The number of piperidine rings is 1. The van der Waals surface area contributed by atoms with Crippen molar-refractivity contribution >= 4 is 40.2 Å². The first-order valence-corrected chi connectivity index (χ1v) is 13.0. The number of H-pyrrole nitrogens is 1. The fourth-order valence-corrected chi connectivity index (χ4v) is 6.41. The van der Waals surface area contributed by atoms with Crippen LogP contribution in [0.3, 0.4) is 0 Å². The summed E-state index contributed by atoms with van der Waals surface area (Å²) in [6.07, 6.45) is 0.387. The van der Waals surface area contributed by atoms with Gasteiger partial charge in [-0.05, 0) is 55.7 Å². The molecule has 2 aliphatic heterocycles. The minimum atomic E-state index is -2.97. The summed E-state index contributed by atoms with van der Waals surface area (Å²) in [6, 6.07) is 2.26. The minimum Gasteiger partial charge on any atom is -0.356 e. The summed E-state index contributed by atoms with van der Waals surface area (Å²) in [6.45, 7) is 2.10. The highest BCUT2D eigenvalue weighted by atomic mass is 35.5. The topological polar surface area (TPSA) is 118 Å². The summed E-state index contributed by atoms with van der Waals surface area (Å²) in [5.41, 5.74) is 0.684. The zero-order chi connectivity index (χ0) is 27.4. The molecule has 2 aromatic rings. The van der Waals surface area contributed by atoms with E-state index in [0.717, 1.165) is 6.42 Å². The van der Waals surface area contributed by atoms with Gasteiger partial charge in [0.25, 0.3) is 5.91 Å². The van der Waals surface area contributed by atoms with Gasteiger partial charge < -0.3 is 20.5 Å². The van der Waals surface area contributed by atoms with E-state index in [1.165, 1.54) is 17.0 Å². The number of halogens is 4. The molecular weight excluding hydrogens is 523 g/mol. The number of alkyl halides is 2. The normalized spacial score (nSPS) is 27.1. The monoisotopic (exact) mass is 549 g/mol. The fraction of sp³-hybridized carbons (Fsp3) is 0.538. The first-order valence-electron chi connectivity index (χ1n) is 12.6. The highest BCUT2D eigenvalue weighted by Crippen LogP contribution is 2.50. The Labute approximate surface area is 221 Å². The predicted molar refractivity (Wildman–Crippen MR) is 132 cm³/mol. The molecule has 0 unspecified atom stereocenters. The average Bonchev–Trinajstić information content (AvgIpc) is 3.53. The van der Waals surface area contributed by atoms with Crippen LogP contribution in [0.1, 0.15) is 48.2 Å². The number of nitrogens with one attached hydrogen (secondary N) is 3. The molecule has 0 spiro atoms. The molecule has 38 heavy (non-hydrogen) atoms. The van der Waals surface area contributed by atoms with Crippen molar-refractivity contribution in [1.29, 1.82) is 5.26 Å². The number of rotatable bonds is 5. The van der Waals surface area contributed by atoms with E-state index in [1.54, 1.807) is 6.92 Å². The Morgan fingerprint density at radius 1 is 1.34 bits per heavy atom. The number of aromatic nitrogens is 1. The van der Waals surface area contributed by atoms with Gasteiger partial charge in [0.1, 0.15) is 23.6 Å². The number of hydrogen-bond donors (Lipinski definition) is 3. The lowest BCUT2D eigenvalue weighted by Gasteiger charge is -2.29. The number of aryl methyl sites for hydroxylation is 1. The molecule has 5 atom stereocenters. The number of hydrogen-bond acceptors (Lipinski definition) is 4. The second-order valence-electron chi connectivity index (χ2n) is 10.6. The van der Waals surface area contributed by atoms with Crippen LogP contribution in [0.5, 0.6) is 0 Å². The molecule has 1 aliphatic carbocycles. The van der Waals surface area contributed by atoms with E-state index in [9.17, 15) is 32.8 Å². The van der Waals surface area contributed by atoms with E-state index in [1.807, 2.05) is 6.07 Å². The Kier molecular flexibility index (Phi) is 6.80. The molecule has 0 radical (unpaired) electrons. The molecule has 1 saturated carbocycles. The van der Waals surface area contributed by atoms with Gasteiger partial charge in [-0.1, -0.05) is 11.6 Å². The maximum atomic E-state index is 14.6. The van der Waals surface area contributed by atoms with Crippen LogP contribution in [-0.2, 0) is 9.59 Å². The quantitative estimate of drug-likeness (QED) is 0.527. The van der Waals surface area contributed by atoms with Crippen LogP contribution in [0.4, 0.5) is 13.2 Å². The van der Waals surface area contributed by atoms with Crippen LogP contribution in [0.2, 0.25) is 5.02 Å². The maximum absolute atomic E-state index is 14.6. The first-order chi connectivity index (χ1) is 18.0. The number of fused-ring (bicyclic) bond motifs is 2. The number of benzene rings is 1. The second-order valence-corrected chi connectivity index (χ2v) is 11.0. The minimum absolute atomic E-state index is 0.0216. The van der Waals surface area contributed by atoms with Gasteiger partial charge in [-0.25, -0.2) is 13.2 Å². The van der Waals surface area contributed by atoms with Crippen molar-refractivity contribution in [3.8, 4) is 6.07 Å². The van der Waals surface area contributed by atoms with E-state index in [2.05, 4.69) is 15.6 Å². The van der Waals surface area contributed by atoms with Gasteiger partial charge in [-0.15, -0.1) is 0 Å². The number of aromatic amines is 1. The lowest BCUT2D eigenvalue weighted by atomic mass is 9.90. The van der Waals surface area contributed by atoms with Gasteiger partial charge in [-0.2, -0.15) is 5.26 Å². The third kappa shape index (κ3) is 4.70. The summed E-state index contributed by atoms with van der Waals surface area (Å²) >= 11 is 6.30. The summed E-state index contributed by atoms with van der Waals surface area (Å²) < 4.78 is 43.2. The van der Waals surface area contributed by atoms with Gasteiger partial charge in [0.05, 0.1) is 16.6 Å². The highest BCUT2D eigenvalue weighted by molar-refractivity contribution is 6.36. The van der Waals surface area contributed by atoms with Crippen molar-refractivity contribution in [2.45, 2.75) is 57.0 Å². The molecule has 2 saturated heterocycles. The number of carbonyl (C=O) groups is 3. The Morgan fingerprint density at radius 2 is 2.11 bits per heavy atom. The van der Waals surface area contributed by atoms with Crippen LogP contribution in [0, 0.1) is 41.8 Å². The molecule has 3 N–H and O–H groups in total. The molecule has 12 heteroatoms. The SMILES string of the molecule is Cc1cc(F)c2cc(C(=O)N3C[C@@H]4CC(F)(F)C[C@@H]4[C@@H]3C(=O)N[C@H](C#N)C[C@H]3CCCNC3=O)[nH]c2c1Cl. The van der Waals surface area contributed by atoms with Gasteiger partial charge in [-0.3, -0.25) is 14.4 Å². The molecule has 3 heterocycles. The number of nitriles is 1. The van der Waals surface area contributed by atoms with E-state index in [-0.39, 0.29) is 40.5 Å². The molecular formula is C26H27ClF3N5O3. The average molecular weight is 550 g/mol. The fourth-order valence-electron chi connectivity index (χ4n) is 6.20. The van der Waals surface area contributed by atoms with Crippen molar-refractivity contribution < 1.29 is 27.6 Å². The molecule has 3 aliphatic rings.